The van der Waals surface area contributed by atoms with Crippen LogP contribution in [0.3, 0.4) is 0 Å². The smallest absolute Gasteiger partial charge is 0.222 e. The second kappa shape index (κ2) is 7.16. The van der Waals surface area contributed by atoms with Gasteiger partial charge in [-0.1, -0.05) is 42.5 Å². The predicted molar refractivity (Wildman–Crippen MR) is 105 cm³/mol. The summed E-state index contributed by atoms with van der Waals surface area (Å²) in [5, 5.41) is 4.61. The lowest BCUT2D eigenvalue weighted by Gasteiger charge is -2.15. The normalized spacial score (nSPS) is 14.2. The first kappa shape index (κ1) is 16.6. The number of carbonyl (C=O) groups is 1. The molecule has 2 heterocycles. The van der Waals surface area contributed by atoms with Crippen LogP contribution in [0.5, 0.6) is 0 Å². The molecule has 0 spiro atoms. The molecule has 4 heteroatoms. The number of benzene rings is 2. The van der Waals surface area contributed by atoms with E-state index in [1.54, 1.807) is 0 Å². The molecule has 1 aliphatic heterocycles. The molecule has 4 rings (SSSR count). The van der Waals surface area contributed by atoms with Gasteiger partial charge in [-0.25, -0.2) is 4.98 Å². The lowest BCUT2D eigenvalue weighted by Crippen LogP contribution is -2.23. The molecule has 0 radical (unpaired) electrons. The van der Waals surface area contributed by atoms with Crippen molar-refractivity contribution in [2.24, 2.45) is 0 Å². The molecular formula is C22H23N3O. The topological polar surface area (TPSA) is 45.2 Å². The molecule has 3 aromatic rings. The summed E-state index contributed by atoms with van der Waals surface area (Å²) in [7, 11) is 0. The van der Waals surface area contributed by atoms with E-state index in [0.29, 0.717) is 6.42 Å². The maximum atomic E-state index is 11.7. The number of pyridine rings is 1. The predicted octanol–water partition coefficient (Wildman–Crippen LogP) is 4.28. The zero-order valence-corrected chi connectivity index (χ0v) is 15.0. The largest absolute Gasteiger partial charge is 0.366 e. The van der Waals surface area contributed by atoms with Gasteiger partial charge in [0.15, 0.2) is 0 Å². The number of fused-ring (bicyclic) bond motifs is 1. The number of rotatable bonds is 5. The Kier molecular flexibility index (Phi) is 4.57. The van der Waals surface area contributed by atoms with E-state index in [0.717, 1.165) is 37.4 Å². The second-order valence-corrected chi connectivity index (χ2v) is 6.93. The van der Waals surface area contributed by atoms with Gasteiger partial charge in [0.05, 0.1) is 5.52 Å². The van der Waals surface area contributed by atoms with Crippen molar-refractivity contribution in [3.8, 4) is 0 Å². The van der Waals surface area contributed by atoms with Crippen LogP contribution in [0.1, 0.15) is 29.5 Å². The van der Waals surface area contributed by atoms with Gasteiger partial charge in [-0.15, -0.1) is 0 Å². The van der Waals surface area contributed by atoms with Gasteiger partial charge in [-0.05, 0) is 42.2 Å². The Morgan fingerprint density at radius 3 is 2.62 bits per heavy atom. The fourth-order valence-electron chi connectivity index (χ4n) is 3.49. The quantitative estimate of drug-likeness (QED) is 0.751. The number of para-hydroxylation sites is 1. The van der Waals surface area contributed by atoms with Crippen LogP contribution in [0, 0.1) is 6.92 Å². The molecular weight excluding hydrogens is 322 g/mol. The summed E-state index contributed by atoms with van der Waals surface area (Å²) in [6.07, 6.45) is 1.68. The van der Waals surface area contributed by atoms with Crippen LogP contribution in [-0.4, -0.2) is 22.3 Å². The number of aromatic nitrogens is 1. The second-order valence-electron chi connectivity index (χ2n) is 6.93. The molecule has 0 saturated carbocycles. The summed E-state index contributed by atoms with van der Waals surface area (Å²) in [4.78, 5) is 18.4. The SMILES string of the molecule is Cc1cc(NCc2ccc(CN3CCCC3=O)cc2)nc2ccccc12. The Hall–Kier alpha value is -2.88. The molecule has 0 unspecified atom stereocenters. The van der Waals surface area contributed by atoms with E-state index >= 15 is 0 Å². The minimum atomic E-state index is 0.272. The molecule has 1 saturated heterocycles. The van der Waals surface area contributed by atoms with Crippen molar-refractivity contribution in [1.82, 2.24) is 9.88 Å². The minimum absolute atomic E-state index is 0.272. The summed E-state index contributed by atoms with van der Waals surface area (Å²) < 4.78 is 0. The zero-order chi connectivity index (χ0) is 17.9. The van der Waals surface area contributed by atoms with Gasteiger partial charge in [-0.3, -0.25) is 4.79 Å². The number of amides is 1. The molecule has 1 amide bonds. The highest BCUT2D eigenvalue weighted by Crippen LogP contribution is 2.20. The first-order valence-corrected chi connectivity index (χ1v) is 9.15. The third kappa shape index (κ3) is 3.54. The third-order valence-corrected chi connectivity index (χ3v) is 4.96. The van der Waals surface area contributed by atoms with Gasteiger partial charge in [0.2, 0.25) is 5.91 Å². The number of hydrogen-bond donors (Lipinski definition) is 1. The van der Waals surface area contributed by atoms with Crippen LogP contribution in [-0.2, 0) is 17.9 Å². The van der Waals surface area contributed by atoms with Crippen molar-refractivity contribution in [2.45, 2.75) is 32.9 Å². The minimum Gasteiger partial charge on any atom is -0.366 e. The van der Waals surface area contributed by atoms with Crippen molar-refractivity contribution in [3.63, 3.8) is 0 Å². The van der Waals surface area contributed by atoms with E-state index in [2.05, 4.69) is 48.6 Å². The van der Waals surface area contributed by atoms with Crippen LogP contribution in [0.25, 0.3) is 10.9 Å². The van der Waals surface area contributed by atoms with E-state index in [1.807, 2.05) is 23.1 Å². The Morgan fingerprint density at radius 1 is 1.08 bits per heavy atom. The standard InChI is InChI=1S/C22H23N3O/c1-16-13-21(24-20-6-3-2-5-19(16)20)23-14-17-8-10-18(11-9-17)15-25-12-4-7-22(25)26/h2-3,5-6,8-11,13H,4,7,12,14-15H2,1H3,(H,23,24). The van der Waals surface area contributed by atoms with Crippen LogP contribution < -0.4 is 5.32 Å². The van der Waals surface area contributed by atoms with E-state index in [4.69, 9.17) is 4.98 Å². The highest BCUT2D eigenvalue weighted by atomic mass is 16.2. The molecule has 1 N–H and O–H groups in total. The van der Waals surface area contributed by atoms with Crippen LogP contribution in [0.2, 0.25) is 0 Å². The maximum Gasteiger partial charge on any atom is 0.222 e. The Balaban J connectivity index is 1.41. The summed E-state index contributed by atoms with van der Waals surface area (Å²) >= 11 is 0. The van der Waals surface area contributed by atoms with Crippen LogP contribution in [0.4, 0.5) is 5.82 Å². The van der Waals surface area contributed by atoms with Crippen molar-refractivity contribution in [1.29, 1.82) is 0 Å². The number of anilines is 1. The fraction of sp³-hybridized carbons (Fsp3) is 0.273. The number of hydrogen-bond acceptors (Lipinski definition) is 3. The average molecular weight is 345 g/mol. The summed E-state index contributed by atoms with van der Waals surface area (Å²) in [5.74, 6) is 1.17. The number of nitrogens with zero attached hydrogens (tertiary/aromatic N) is 2. The molecule has 0 aliphatic carbocycles. The first-order chi connectivity index (χ1) is 12.7. The number of aryl methyl sites for hydroxylation is 1. The van der Waals surface area contributed by atoms with E-state index < -0.39 is 0 Å². The van der Waals surface area contributed by atoms with Crippen LogP contribution >= 0.6 is 0 Å². The Morgan fingerprint density at radius 2 is 1.85 bits per heavy atom. The van der Waals surface area contributed by atoms with Crippen molar-refractivity contribution >= 4 is 22.6 Å². The van der Waals surface area contributed by atoms with Gasteiger partial charge in [-0.2, -0.15) is 0 Å². The average Bonchev–Trinajstić information content (AvgIpc) is 3.06. The Labute approximate surface area is 153 Å². The number of likely N-dealkylation sites (tertiary alicyclic amines) is 1. The highest BCUT2D eigenvalue weighted by molar-refractivity contribution is 5.83. The van der Waals surface area contributed by atoms with Crippen LogP contribution in [0.15, 0.2) is 54.6 Å². The zero-order valence-electron chi connectivity index (χ0n) is 15.0. The summed E-state index contributed by atoms with van der Waals surface area (Å²) in [6, 6.07) is 18.8. The fourth-order valence-corrected chi connectivity index (χ4v) is 3.49. The molecule has 132 valence electrons. The number of carbonyl (C=O) groups excluding carboxylic acids is 1. The summed E-state index contributed by atoms with van der Waals surface area (Å²) in [6.45, 7) is 4.45. The molecule has 2 aromatic carbocycles. The maximum absolute atomic E-state index is 11.7. The summed E-state index contributed by atoms with van der Waals surface area (Å²) in [5.41, 5.74) is 4.63. The third-order valence-electron chi connectivity index (χ3n) is 4.96. The monoisotopic (exact) mass is 345 g/mol. The Bertz CT molecular complexity index is 934. The lowest BCUT2D eigenvalue weighted by atomic mass is 10.1. The van der Waals surface area contributed by atoms with E-state index in [-0.39, 0.29) is 5.91 Å². The van der Waals surface area contributed by atoms with Gasteiger partial charge in [0.25, 0.3) is 0 Å². The van der Waals surface area contributed by atoms with Gasteiger partial charge < -0.3 is 10.2 Å². The van der Waals surface area contributed by atoms with E-state index in [9.17, 15) is 4.79 Å². The van der Waals surface area contributed by atoms with Crippen molar-refractivity contribution < 1.29 is 4.79 Å². The lowest BCUT2D eigenvalue weighted by molar-refractivity contribution is -0.128. The molecule has 4 nitrogen and oxygen atoms in total. The molecule has 26 heavy (non-hydrogen) atoms. The number of nitrogens with one attached hydrogen (secondary N) is 1. The molecule has 0 atom stereocenters. The van der Waals surface area contributed by atoms with Gasteiger partial charge in [0.1, 0.15) is 5.82 Å². The molecule has 1 fully saturated rings. The molecule has 0 bridgehead atoms. The molecule has 1 aromatic heterocycles. The highest BCUT2D eigenvalue weighted by Gasteiger charge is 2.19. The molecule has 1 aliphatic rings. The van der Waals surface area contributed by atoms with Crippen molar-refractivity contribution in [3.05, 3.63) is 71.3 Å². The van der Waals surface area contributed by atoms with Gasteiger partial charge in [0, 0.05) is 31.4 Å². The van der Waals surface area contributed by atoms with Crippen molar-refractivity contribution in [2.75, 3.05) is 11.9 Å². The first-order valence-electron chi connectivity index (χ1n) is 9.15. The van der Waals surface area contributed by atoms with E-state index in [1.165, 1.54) is 22.1 Å². The van der Waals surface area contributed by atoms with Gasteiger partial charge >= 0.3 is 0 Å².